The minimum Gasteiger partial charge on any atom is -0.481 e. The molecule has 158 valence electrons. The molecule has 2 aromatic rings. The number of rotatable bonds is 5. The Bertz CT molecular complexity index is 892. The molecule has 1 amide bonds. The van der Waals surface area contributed by atoms with E-state index in [-0.39, 0.29) is 5.91 Å². The fourth-order valence-corrected chi connectivity index (χ4v) is 4.86. The van der Waals surface area contributed by atoms with Crippen molar-refractivity contribution in [1.29, 1.82) is 0 Å². The maximum absolute atomic E-state index is 13.2. The van der Waals surface area contributed by atoms with Crippen molar-refractivity contribution in [3.8, 4) is 0 Å². The fraction of sp³-hybridized carbons (Fsp3) is 0.417. The number of carboxylic acids is 1. The molecular formula is C24H27ClN2O3. The van der Waals surface area contributed by atoms with E-state index < -0.39 is 17.9 Å². The van der Waals surface area contributed by atoms with Crippen molar-refractivity contribution >= 4 is 29.2 Å². The van der Waals surface area contributed by atoms with E-state index in [9.17, 15) is 14.7 Å². The van der Waals surface area contributed by atoms with Crippen LogP contribution in [0.4, 0.5) is 5.69 Å². The number of carbonyl (C=O) groups is 2. The number of hydrogen-bond acceptors (Lipinski definition) is 3. The Hall–Kier alpha value is -2.53. The fourth-order valence-electron chi connectivity index (χ4n) is 4.74. The highest BCUT2D eigenvalue weighted by Crippen LogP contribution is 2.38. The van der Waals surface area contributed by atoms with Crippen LogP contribution in [0.1, 0.15) is 60.5 Å². The Morgan fingerprint density at radius 1 is 0.933 bits per heavy atom. The second-order valence-electron chi connectivity index (χ2n) is 8.28. The lowest BCUT2D eigenvalue weighted by Gasteiger charge is -2.40. The Morgan fingerprint density at radius 3 is 2.23 bits per heavy atom. The lowest BCUT2D eigenvalue weighted by atomic mass is 9.84. The third-order valence-corrected chi connectivity index (χ3v) is 6.53. The molecule has 1 saturated heterocycles. The zero-order valence-corrected chi connectivity index (χ0v) is 17.6. The first-order chi connectivity index (χ1) is 14.5. The molecule has 1 saturated carbocycles. The zero-order chi connectivity index (χ0) is 21.1. The summed E-state index contributed by atoms with van der Waals surface area (Å²) in [5, 5.41) is 14.0. The second-order valence-corrected chi connectivity index (χ2v) is 8.72. The molecule has 4 rings (SSSR count). The molecule has 0 unspecified atom stereocenters. The Morgan fingerprint density at radius 2 is 1.60 bits per heavy atom. The lowest BCUT2D eigenvalue weighted by Crippen LogP contribution is -2.45. The number of hydrogen-bond donors (Lipinski definition) is 2. The van der Waals surface area contributed by atoms with E-state index in [4.69, 9.17) is 11.6 Å². The minimum absolute atomic E-state index is 0.157. The van der Waals surface area contributed by atoms with Crippen LogP contribution in [0.3, 0.4) is 0 Å². The Kier molecular flexibility index (Phi) is 6.28. The maximum atomic E-state index is 13.2. The van der Waals surface area contributed by atoms with Gasteiger partial charge in [0.2, 0.25) is 0 Å². The van der Waals surface area contributed by atoms with Crippen molar-refractivity contribution < 1.29 is 14.7 Å². The number of halogens is 1. The van der Waals surface area contributed by atoms with E-state index in [1.54, 1.807) is 29.2 Å². The van der Waals surface area contributed by atoms with Crippen LogP contribution in [0, 0.1) is 5.92 Å². The minimum atomic E-state index is -0.859. The number of likely N-dealkylation sites (tertiary alicyclic amines) is 1. The number of nitrogens with one attached hydrogen (secondary N) is 1. The Labute approximate surface area is 182 Å². The molecule has 2 aliphatic rings. The van der Waals surface area contributed by atoms with Crippen molar-refractivity contribution in [2.45, 2.75) is 50.6 Å². The number of nitrogens with zero attached hydrogens (tertiary/aromatic N) is 1. The van der Waals surface area contributed by atoms with Crippen LogP contribution in [0.15, 0.2) is 48.5 Å². The standard InChI is InChI=1S/C24H27ClN2O3/c25-18-11-7-17(8-12-18)23(28)27-15-3-6-21(24(29)30)22(27)16-9-13-20(14-10-16)26-19-4-1-2-5-19/h7-14,19,21-22,26H,1-6,15H2,(H,29,30)/t21-,22-/m0/s1. The molecule has 2 aromatic carbocycles. The summed E-state index contributed by atoms with van der Waals surface area (Å²) < 4.78 is 0. The second kappa shape index (κ2) is 9.09. The van der Waals surface area contributed by atoms with Gasteiger partial charge in [0, 0.05) is 28.9 Å². The summed E-state index contributed by atoms with van der Waals surface area (Å²) in [7, 11) is 0. The van der Waals surface area contributed by atoms with Gasteiger partial charge in [-0.25, -0.2) is 0 Å². The monoisotopic (exact) mass is 426 g/mol. The topological polar surface area (TPSA) is 69.6 Å². The van der Waals surface area contributed by atoms with Crippen molar-refractivity contribution in [3.05, 3.63) is 64.7 Å². The largest absolute Gasteiger partial charge is 0.481 e. The molecule has 0 bridgehead atoms. The predicted octanol–water partition coefficient (Wildman–Crippen LogP) is 5.37. The average molecular weight is 427 g/mol. The van der Waals surface area contributed by atoms with Gasteiger partial charge in [-0.1, -0.05) is 36.6 Å². The molecule has 2 N–H and O–H groups in total. The quantitative estimate of drug-likeness (QED) is 0.674. The molecule has 6 heteroatoms. The van der Waals surface area contributed by atoms with E-state index in [1.807, 2.05) is 24.3 Å². The molecular weight excluding hydrogens is 400 g/mol. The van der Waals surface area contributed by atoms with Crippen LogP contribution in [-0.2, 0) is 4.79 Å². The van der Waals surface area contributed by atoms with Crippen molar-refractivity contribution in [3.63, 3.8) is 0 Å². The highest BCUT2D eigenvalue weighted by Gasteiger charge is 2.39. The number of aliphatic carboxylic acids is 1. The molecule has 5 nitrogen and oxygen atoms in total. The molecule has 1 aliphatic heterocycles. The summed E-state index contributed by atoms with van der Waals surface area (Å²) in [4.78, 5) is 27.0. The first kappa shape index (κ1) is 20.7. The highest BCUT2D eigenvalue weighted by atomic mass is 35.5. The summed E-state index contributed by atoms with van der Waals surface area (Å²) >= 11 is 5.96. The van der Waals surface area contributed by atoms with Gasteiger partial charge < -0.3 is 15.3 Å². The maximum Gasteiger partial charge on any atom is 0.308 e. The molecule has 2 atom stereocenters. The number of amides is 1. The summed E-state index contributed by atoms with van der Waals surface area (Å²) in [5.74, 6) is -1.64. The number of anilines is 1. The first-order valence-corrected chi connectivity index (χ1v) is 11.1. The van der Waals surface area contributed by atoms with Crippen LogP contribution in [0.25, 0.3) is 0 Å². The lowest BCUT2D eigenvalue weighted by molar-refractivity contribution is -0.145. The van der Waals surface area contributed by atoms with Gasteiger partial charge in [0.15, 0.2) is 0 Å². The summed E-state index contributed by atoms with van der Waals surface area (Å²) in [6.07, 6.45) is 6.14. The van der Waals surface area contributed by atoms with E-state index >= 15 is 0 Å². The smallest absolute Gasteiger partial charge is 0.308 e. The number of piperidine rings is 1. The molecule has 1 aliphatic carbocycles. The van der Waals surface area contributed by atoms with E-state index in [0.29, 0.717) is 36.0 Å². The summed E-state index contributed by atoms with van der Waals surface area (Å²) in [6.45, 7) is 0.540. The van der Waals surface area contributed by atoms with E-state index in [1.165, 1.54) is 25.7 Å². The van der Waals surface area contributed by atoms with Crippen LogP contribution < -0.4 is 5.32 Å². The van der Waals surface area contributed by atoms with E-state index in [2.05, 4.69) is 5.32 Å². The van der Waals surface area contributed by atoms with Crippen LogP contribution in [0.5, 0.6) is 0 Å². The third kappa shape index (κ3) is 4.46. The number of carboxylic acid groups (broad SMARTS) is 1. The summed E-state index contributed by atoms with van der Waals surface area (Å²) in [5.41, 5.74) is 2.43. The van der Waals surface area contributed by atoms with E-state index in [0.717, 1.165) is 11.3 Å². The van der Waals surface area contributed by atoms with Gasteiger partial charge in [0.05, 0.1) is 12.0 Å². The molecule has 0 radical (unpaired) electrons. The van der Waals surface area contributed by atoms with Gasteiger partial charge in [-0.05, 0) is 67.6 Å². The van der Waals surface area contributed by atoms with Crippen molar-refractivity contribution in [2.75, 3.05) is 11.9 Å². The van der Waals surface area contributed by atoms with Gasteiger partial charge in [0.1, 0.15) is 0 Å². The van der Waals surface area contributed by atoms with Gasteiger partial charge in [-0.3, -0.25) is 9.59 Å². The zero-order valence-electron chi connectivity index (χ0n) is 16.9. The van der Waals surface area contributed by atoms with Gasteiger partial charge in [0.25, 0.3) is 5.91 Å². The van der Waals surface area contributed by atoms with Crippen LogP contribution >= 0.6 is 11.6 Å². The van der Waals surface area contributed by atoms with Crippen molar-refractivity contribution in [2.24, 2.45) is 5.92 Å². The summed E-state index contributed by atoms with van der Waals surface area (Å²) in [6, 6.07) is 14.7. The van der Waals surface area contributed by atoms with Crippen LogP contribution in [-0.4, -0.2) is 34.5 Å². The molecule has 30 heavy (non-hydrogen) atoms. The molecule has 0 aromatic heterocycles. The van der Waals surface area contributed by atoms with Crippen LogP contribution in [0.2, 0.25) is 5.02 Å². The SMILES string of the molecule is O=C(O)[C@H]1CCCN(C(=O)c2ccc(Cl)cc2)[C@H]1c1ccc(NC2CCCC2)cc1. The Balaban J connectivity index is 1.60. The first-order valence-electron chi connectivity index (χ1n) is 10.7. The third-order valence-electron chi connectivity index (χ3n) is 6.28. The van der Waals surface area contributed by atoms with Crippen molar-refractivity contribution in [1.82, 2.24) is 4.90 Å². The number of carbonyl (C=O) groups excluding carboxylic acids is 1. The molecule has 0 spiro atoms. The number of benzene rings is 2. The van der Waals surface area contributed by atoms with Gasteiger partial charge in [-0.15, -0.1) is 0 Å². The molecule has 2 fully saturated rings. The van der Waals surface area contributed by atoms with Gasteiger partial charge >= 0.3 is 5.97 Å². The highest BCUT2D eigenvalue weighted by molar-refractivity contribution is 6.30. The average Bonchev–Trinajstić information content (AvgIpc) is 3.27. The predicted molar refractivity (Wildman–Crippen MR) is 118 cm³/mol. The normalized spacial score (nSPS) is 22.1. The molecule has 1 heterocycles. The van der Waals surface area contributed by atoms with Gasteiger partial charge in [-0.2, -0.15) is 0 Å².